The topological polar surface area (TPSA) is 65.2 Å². The lowest BCUT2D eigenvalue weighted by Gasteiger charge is -2.15. The standard InChI is InChI=1S/C15H22N2O2/c1-11(8-12-4-2-3-5-12)15(18)19-10-13-6-7-17-14(16)9-13/h6-7,9,11-12H,2-5,8,10H2,1H3,(H2,16,17)/t11-/m0/s1. The van der Waals surface area contributed by atoms with Crippen LogP contribution in [0.2, 0.25) is 0 Å². The molecule has 4 nitrogen and oxygen atoms in total. The quantitative estimate of drug-likeness (QED) is 0.829. The van der Waals surface area contributed by atoms with Crippen LogP contribution in [0.1, 0.15) is 44.6 Å². The molecule has 0 saturated heterocycles. The van der Waals surface area contributed by atoms with Crippen LogP contribution in [-0.4, -0.2) is 11.0 Å². The van der Waals surface area contributed by atoms with Gasteiger partial charge in [-0.05, 0) is 30.0 Å². The molecule has 1 atom stereocenters. The van der Waals surface area contributed by atoms with E-state index in [2.05, 4.69) is 4.98 Å². The summed E-state index contributed by atoms with van der Waals surface area (Å²) >= 11 is 0. The Morgan fingerprint density at radius 3 is 2.95 bits per heavy atom. The van der Waals surface area contributed by atoms with Crippen molar-refractivity contribution in [2.24, 2.45) is 11.8 Å². The van der Waals surface area contributed by atoms with Crippen LogP contribution in [0.15, 0.2) is 18.3 Å². The number of carbonyl (C=O) groups is 1. The third kappa shape index (κ3) is 4.23. The van der Waals surface area contributed by atoms with Crippen molar-refractivity contribution >= 4 is 11.8 Å². The molecule has 0 radical (unpaired) electrons. The molecule has 104 valence electrons. The summed E-state index contributed by atoms with van der Waals surface area (Å²) in [6.45, 7) is 2.24. The van der Waals surface area contributed by atoms with Crippen molar-refractivity contribution in [3.63, 3.8) is 0 Å². The Labute approximate surface area is 114 Å². The molecule has 0 amide bonds. The van der Waals surface area contributed by atoms with Crippen molar-refractivity contribution in [2.75, 3.05) is 5.73 Å². The second kappa shape index (κ2) is 6.55. The molecule has 0 spiro atoms. The number of nitrogens with zero attached hydrogens (tertiary/aromatic N) is 1. The van der Waals surface area contributed by atoms with Crippen molar-refractivity contribution in [2.45, 2.75) is 45.6 Å². The van der Waals surface area contributed by atoms with Gasteiger partial charge in [-0.2, -0.15) is 0 Å². The average Bonchev–Trinajstić information content (AvgIpc) is 2.89. The van der Waals surface area contributed by atoms with Gasteiger partial charge in [0.15, 0.2) is 0 Å². The maximum atomic E-state index is 11.9. The van der Waals surface area contributed by atoms with Gasteiger partial charge in [-0.15, -0.1) is 0 Å². The minimum absolute atomic E-state index is 0.0118. The smallest absolute Gasteiger partial charge is 0.308 e. The van der Waals surface area contributed by atoms with E-state index in [1.807, 2.05) is 13.0 Å². The van der Waals surface area contributed by atoms with Gasteiger partial charge in [0.2, 0.25) is 0 Å². The van der Waals surface area contributed by atoms with Gasteiger partial charge in [-0.3, -0.25) is 4.79 Å². The second-order valence-corrected chi connectivity index (χ2v) is 5.48. The summed E-state index contributed by atoms with van der Waals surface area (Å²) < 4.78 is 5.33. The van der Waals surface area contributed by atoms with E-state index in [0.29, 0.717) is 11.7 Å². The van der Waals surface area contributed by atoms with E-state index in [9.17, 15) is 4.79 Å². The Bertz CT molecular complexity index is 428. The number of nitrogens with two attached hydrogens (primary N) is 1. The number of esters is 1. The first-order chi connectivity index (χ1) is 9.15. The van der Waals surface area contributed by atoms with Crippen molar-refractivity contribution in [1.82, 2.24) is 4.98 Å². The fourth-order valence-electron chi connectivity index (χ4n) is 2.72. The summed E-state index contributed by atoms with van der Waals surface area (Å²) in [5.41, 5.74) is 6.47. The van der Waals surface area contributed by atoms with Crippen molar-refractivity contribution in [1.29, 1.82) is 0 Å². The first-order valence-electron chi connectivity index (χ1n) is 7.02. The van der Waals surface area contributed by atoms with E-state index in [1.54, 1.807) is 12.3 Å². The van der Waals surface area contributed by atoms with Crippen LogP contribution in [0.25, 0.3) is 0 Å². The molecule has 1 aromatic rings. The summed E-state index contributed by atoms with van der Waals surface area (Å²) in [5.74, 6) is 1.04. The maximum Gasteiger partial charge on any atom is 0.308 e. The Morgan fingerprint density at radius 1 is 1.53 bits per heavy atom. The van der Waals surface area contributed by atoms with E-state index in [-0.39, 0.29) is 18.5 Å². The van der Waals surface area contributed by atoms with Crippen molar-refractivity contribution in [3.05, 3.63) is 23.9 Å². The van der Waals surface area contributed by atoms with Crippen LogP contribution >= 0.6 is 0 Å². The first-order valence-corrected chi connectivity index (χ1v) is 7.02. The van der Waals surface area contributed by atoms with E-state index < -0.39 is 0 Å². The molecular formula is C15H22N2O2. The van der Waals surface area contributed by atoms with Gasteiger partial charge in [-0.1, -0.05) is 32.6 Å². The van der Waals surface area contributed by atoms with Crippen LogP contribution in [-0.2, 0) is 16.1 Å². The molecule has 4 heteroatoms. The highest BCUT2D eigenvalue weighted by Gasteiger charge is 2.22. The lowest BCUT2D eigenvalue weighted by molar-refractivity contribution is -0.149. The third-order valence-electron chi connectivity index (χ3n) is 3.79. The predicted molar refractivity (Wildman–Crippen MR) is 74.2 cm³/mol. The number of hydrogen-bond donors (Lipinski definition) is 1. The number of pyridine rings is 1. The van der Waals surface area contributed by atoms with Gasteiger partial charge >= 0.3 is 5.97 Å². The number of hydrogen-bond acceptors (Lipinski definition) is 4. The molecule has 1 aliphatic carbocycles. The van der Waals surface area contributed by atoms with Gasteiger partial charge in [0, 0.05) is 6.20 Å². The van der Waals surface area contributed by atoms with E-state index in [4.69, 9.17) is 10.5 Å². The van der Waals surface area contributed by atoms with Crippen LogP contribution < -0.4 is 5.73 Å². The third-order valence-corrected chi connectivity index (χ3v) is 3.79. The zero-order valence-electron chi connectivity index (χ0n) is 11.5. The second-order valence-electron chi connectivity index (χ2n) is 5.48. The Balaban J connectivity index is 1.76. The molecule has 2 N–H and O–H groups in total. The van der Waals surface area contributed by atoms with Gasteiger partial charge in [-0.25, -0.2) is 4.98 Å². The van der Waals surface area contributed by atoms with Gasteiger partial charge in [0.05, 0.1) is 5.92 Å². The summed E-state index contributed by atoms with van der Waals surface area (Å²) in [6, 6.07) is 3.54. The average molecular weight is 262 g/mol. The largest absolute Gasteiger partial charge is 0.461 e. The van der Waals surface area contributed by atoms with E-state index in [1.165, 1.54) is 25.7 Å². The molecule has 1 heterocycles. The summed E-state index contributed by atoms with van der Waals surface area (Å²) in [6.07, 6.45) is 7.72. The fraction of sp³-hybridized carbons (Fsp3) is 0.600. The van der Waals surface area contributed by atoms with Gasteiger partial charge < -0.3 is 10.5 Å². The predicted octanol–water partition coefficient (Wildman–Crippen LogP) is 2.92. The normalized spacial score (nSPS) is 17.3. The molecule has 1 aromatic heterocycles. The van der Waals surface area contributed by atoms with Crippen LogP contribution in [0.5, 0.6) is 0 Å². The molecule has 1 fully saturated rings. The minimum atomic E-state index is -0.109. The Morgan fingerprint density at radius 2 is 2.26 bits per heavy atom. The van der Waals surface area contributed by atoms with Crippen LogP contribution in [0.4, 0.5) is 5.82 Å². The summed E-state index contributed by atoms with van der Waals surface area (Å²) in [5, 5.41) is 0. The summed E-state index contributed by atoms with van der Waals surface area (Å²) in [4.78, 5) is 15.8. The van der Waals surface area contributed by atoms with Gasteiger partial charge in [0.1, 0.15) is 12.4 Å². The zero-order chi connectivity index (χ0) is 13.7. The molecule has 1 aliphatic rings. The molecule has 0 bridgehead atoms. The highest BCUT2D eigenvalue weighted by molar-refractivity contribution is 5.72. The van der Waals surface area contributed by atoms with Crippen LogP contribution in [0, 0.1) is 11.8 Å². The van der Waals surface area contributed by atoms with E-state index >= 15 is 0 Å². The molecule has 2 rings (SSSR count). The molecule has 1 saturated carbocycles. The summed E-state index contributed by atoms with van der Waals surface area (Å²) in [7, 11) is 0. The van der Waals surface area contributed by atoms with Gasteiger partial charge in [0.25, 0.3) is 0 Å². The minimum Gasteiger partial charge on any atom is -0.461 e. The van der Waals surface area contributed by atoms with Crippen molar-refractivity contribution in [3.8, 4) is 0 Å². The number of anilines is 1. The monoisotopic (exact) mass is 262 g/mol. The molecule has 0 unspecified atom stereocenters. The molecular weight excluding hydrogens is 240 g/mol. The van der Waals surface area contributed by atoms with Crippen LogP contribution in [0.3, 0.4) is 0 Å². The fourth-order valence-corrected chi connectivity index (χ4v) is 2.72. The Kier molecular flexibility index (Phi) is 4.77. The van der Waals surface area contributed by atoms with E-state index in [0.717, 1.165) is 12.0 Å². The maximum absolute atomic E-state index is 11.9. The zero-order valence-corrected chi connectivity index (χ0v) is 11.5. The number of ether oxygens (including phenoxy) is 1. The first kappa shape index (κ1) is 13.8. The number of nitrogen functional groups attached to an aromatic ring is 1. The Hall–Kier alpha value is -1.58. The lowest BCUT2D eigenvalue weighted by Crippen LogP contribution is -2.17. The number of aromatic nitrogens is 1. The highest BCUT2D eigenvalue weighted by Crippen LogP contribution is 2.30. The molecule has 0 aromatic carbocycles. The number of carbonyl (C=O) groups excluding carboxylic acids is 1. The molecule has 19 heavy (non-hydrogen) atoms. The number of rotatable bonds is 5. The SMILES string of the molecule is C[C@@H](CC1CCCC1)C(=O)OCc1ccnc(N)c1. The molecule has 0 aliphatic heterocycles. The highest BCUT2D eigenvalue weighted by atomic mass is 16.5. The lowest BCUT2D eigenvalue weighted by atomic mass is 9.95. The van der Waals surface area contributed by atoms with Crippen molar-refractivity contribution < 1.29 is 9.53 Å².